The highest BCUT2D eigenvalue weighted by Gasteiger charge is 2.35. The summed E-state index contributed by atoms with van der Waals surface area (Å²) < 4.78 is 22.7. The Morgan fingerprint density at radius 1 is 0.590 bits per heavy atom. The maximum absolute atomic E-state index is 12.8. The van der Waals surface area contributed by atoms with E-state index in [2.05, 4.69) is 121 Å². The fraction of sp³-hybridized carbons (Fsp3) is 0.642. The number of carbonyl (C=O) groups is 3. The monoisotopic (exact) mass is 848 g/mol. The average molecular weight is 848 g/mol. The van der Waals surface area contributed by atoms with Crippen LogP contribution in [0.15, 0.2) is 96.2 Å². The zero-order valence-corrected chi connectivity index (χ0v) is 39.7. The van der Waals surface area contributed by atoms with Gasteiger partial charge in [0.15, 0.2) is 0 Å². The van der Waals surface area contributed by atoms with E-state index in [1.54, 1.807) is 0 Å². The number of rotatable bonds is 28. The Kier molecular flexibility index (Phi) is 31.7. The van der Waals surface area contributed by atoms with Gasteiger partial charge in [0.1, 0.15) is 5.78 Å². The molecule has 0 heterocycles. The third-order valence-corrected chi connectivity index (χ3v) is 11.4. The van der Waals surface area contributed by atoms with Crippen LogP contribution < -0.4 is 5.73 Å². The summed E-state index contributed by atoms with van der Waals surface area (Å²) in [5.41, 5.74) is 7.43. The lowest BCUT2D eigenvalue weighted by Gasteiger charge is -2.36. The topological polar surface area (TPSA) is 114 Å². The van der Waals surface area contributed by atoms with Gasteiger partial charge in [-0.2, -0.15) is 0 Å². The maximum atomic E-state index is 12.8. The summed E-state index contributed by atoms with van der Waals surface area (Å²) in [6, 6.07) is -0.0521. The maximum Gasteiger partial charge on any atom is 0.333 e. The van der Waals surface area contributed by atoms with E-state index in [0.717, 1.165) is 70.6 Å². The molecule has 0 saturated heterocycles. The zero-order valence-electron chi connectivity index (χ0n) is 39.7. The molecule has 0 fully saturated rings. The van der Waals surface area contributed by atoms with E-state index in [1.165, 1.54) is 0 Å². The van der Waals surface area contributed by atoms with E-state index < -0.39 is 0 Å². The Morgan fingerprint density at radius 2 is 0.984 bits per heavy atom. The second kappa shape index (κ2) is 34.9. The molecule has 2 aliphatic carbocycles. The average Bonchev–Trinajstić information content (AvgIpc) is 3.25. The van der Waals surface area contributed by atoms with E-state index >= 15 is 0 Å². The molecule has 344 valence electrons. The lowest BCUT2D eigenvalue weighted by atomic mass is 9.76. The van der Waals surface area contributed by atoms with E-state index in [9.17, 15) is 14.4 Å². The van der Waals surface area contributed by atoms with Crippen LogP contribution in [-0.4, -0.2) is 61.4 Å². The van der Waals surface area contributed by atoms with Crippen molar-refractivity contribution in [2.24, 2.45) is 23.5 Å². The molecule has 8 nitrogen and oxygen atoms in total. The van der Waals surface area contributed by atoms with Crippen molar-refractivity contribution in [1.82, 2.24) is 0 Å². The van der Waals surface area contributed by atoms with Crippen molar-refractivity contribution in [1.29, 1.82) is 0 Å². The first-order valence-electron chi connectivity index (χ1n) is 23.7. The fourth-order valence-corrected chi connectivity index (χ4v) is 7.28. The van der Waals surface area contributed by atoms with Gasteiger partial charge in [-0.25, -0.2) is 9.59 Å². The van der Waals surface area contributed by atoms with Gasteiger partial charge in [0.05, 0.1) is 37.6 Å². The van der Waals surface area contributed by atoms with Crippen LogP contribution in [0.5, 0.6) is 0 Å². The molecule has 0 unspecified atom stereocenters. The Hall–Kier alpha value is -3.59. The number of hydrogen-bond donors (Lipinski definition) is 1. The molecule has 0 amide bonds. The Morgan fingerprint density at radius 3 is 1.39 bits per heavy atom. The van der Waals surface area contributed by atoms with E-state index in [1.807, 2.05) is 26.0 Å². The van der Waals surface area contributed by atoms with Gasteiger partial charge in [-0.3, -0.25) is 4.79 Å². The predicted octanol–water partition coefficient (Wildman–Crippen LogP) is 12.6. The molecular formula is C53H85NO7. The van der Waals surface area contributed by atoms with Crippen molar-refractivity contribution in [3.63, 3.8) is 0 Å². The molecule has 2 aliphatic rings. The molecule has 0 aliphatic heterocycles. The van der Waals surface area contributed by atoms with Crippen molar-refractivity contribution >= 4 is 17.7 Å². The van der Waals surface area contributed by atoms with Crippen LogP contribution in [0, 0.1) is 17.8 Å². The van der Waals surface area contributed by atoms with Gasteiger partial charge >= 0.3 is 11.9 Å². The van der Waals surface area contributed by atoms with Gasteiger partial charge in [0.2, 0.25) is 0 Å². The van der Waals surface area contributed by atoms with Gasteiger partial charge in [-0.15, -0.1) is 0 Å². The van der Waals surface area contributed by atoms with Gasteiger partial charge in [0.25, 0.3) is 0 Å². The quantitative estimate of drug-likeness (QED) is 0.0611. The summed E-state index contributed by atoms with van der Waals surface area (Å²) in [5.74, 6) is 0.197. The molecular weight excluding hydrogens is 763 g/mol. The van der Waals surface area contributed by atoms with Crippen LogP contribution >= 0.6 is 0 Å². The minimum atomic E-state index is -0.280. The summed E-state index contributed by atoms with van der Waals surface area (Å²) >= 11 is 0. The van der Waals surface area contributed by atoms with E-state index in [4.69, 9.17) is 24.7 Å². The summed E-state index contributed by atoms with van der Waals surface area (Å²) in [4.78, 5) is 37.2. The van der Waals surface area contributed by atoms with Crippen molar-refractivity contribution in [2.75, 3.05) is 13.2 Å². The van der Waals surface area contributed by atoms with Crippen LogP contribution in [0.1, 0.15) is 159 Å². The van der Waals surface area contributed by atoms with Gasteiger partial charge in [-0.05, 0) is 121 Å². The number of allylic oxidation sites excluding steroid dienone is 12. The van der Waals surface area contributed by atoms with Crippen LogP contribution in [0.2, 0.25) is 0 Å². The first kappa shape index (κ1) is 55.4. The SMILES string of the molecule is CC/C=C\C/C=C\C/C=C\C/C=C\C/C=C\C/C=C\CCC(=O)C[C@H]1CC(C(=O)OCC)=C[C@@H](OC(CC)CC)[C@@H]1C.CCOC(=O)C1=C[C@@H](OC(CC)CC)[C@H](C)[C@@H](N)C1. The number of ketones is 1. The third kappa shape index (κ3) is 24.0. The van der Waals surface area contributed by atoms with Gasteiger partial charge < -0.3 is 24.7 Å². The largest absolute Gasteiger partial charge is 0.463 e. The Labute approximate surface area is 371 Å². The summed E-state index contributed by atoms with van der Waals surface area (Å²) in [6.45, 7) is 19.2. The first-order valence-corrected chi connectivity index (χ1v) is 23.7. The molecule has 61 heavy (non-hydrogen) atoms. The van der Waals surface area contributed by atoms with Crippen LogP contribution in [-0.2, 0) is 33.3 Å². The normalized spacial score (nSPS) is 22.2. The summed E-state index contributed by atoms with van der Waals surface area (Å²) in [6.07, 6.45) is 42.8. The number of carbonyl (C=O) groups excluding carboxylic acids is 3. The van der Waals surface area contributed by atoms with Gasteiger partial charge in [0, 0.05) is 35.9 Å². The lowest BCUT2D eigenvalue weighted by molar-refractivity contribution is -0.140. The number of nitrogens with two attached hydrogens (primary N) is 1. The second-order valence-electron chi connectivity index (χ2n) is 16.2. The van der Waals surface area contributed by atoms with Crippen LogP contribution in [0.4, 0.5) is 0 Å². The lowest BCUT2D eigenvalue weighted by Crippen LogP contribution is -2.42. The first-order chi connectivity index (χ1) is 29.5. The predicted molar refractivity (Wildman–Crippen MR) is 254 cm³/mol. The van der Waals surface area contributed by atoms with Crippen molar-refractivity contribution in [2.45, 2.75) is 189 Å². The molecule has 0 spiro atoms. The second-order valence-corrected chi connectivity index (χ2v) is 16.2. The Bertz CT molecular complexity index is 1460. The van der Waals surface area contributed by atoms with E-state index in [-0.39, 0.29) is 65.9 Å². The molecule has 0 aromatic heterocycles. The highest BCUT2D eigenvalue weighted by Crippen LogP contribution is 2.36. The van der Waals surface area contributed by atoms with E-state index in [0.29, 0.717) is 50.0 Å². The highest BCUT2D eigenvalue weighted by atomic mass is 16.5. The standard InChI is InChI=1S/C38H58O4.C15H27NO3/c1-6-10-11-12-13-14-15-16-17-18-19-20-21-22-23-24-25-26-27-28-35(39)30-33-29-34(38(40)41-9-4)31-37(32(33)5)42-36(7-2)8-3;1-5-12(6-2)19-14-9-11(15(17)18-7-3)8-13(16)10(14)4/h10-11,13-14,16-17,19-20,22-23,25-26,31-33,36-37H,6-9,12,15,18,21,24,27-30H2,1-5H3;9-10,12-14H,5-8,16H2,1-4H3/b11-10-,14-13-,17-16-,20-19-,23-22-,26-25-;/t32-,33-,37-;10-,13+,14-/m11/s1. The van der Waals surface area contributed by atoms with Gasteiger partial charge in [-0.1, -0.05) is 121 Å². The molecule has 2 N–H and O–H groups in total. The third-order valence-electron chi connectivity index (χ3n) is 11.4. The molecule has 6 atom stereocenters. The smallest absolute Gasteiger partial charge is 0.333 e. The molecule has 0 bridgehead atoms. The number of ether oxygens (including phenoxy) is 4. The number of hydrogen-bond acceptors (Lipinski definition) is 8. The summed E-state index contributed by atoms with van der Waals surface area (Å²) in [5, 5.41) is 0. The highest BCUT2D eigenvalue weighted by molar-refractivity contribution is 5.89. The molecule has 2 rings (SSSR count). The molecule has 8 heteroatoms. The summed E-state index contributed by atoms with van der Waals surface area (Å²) in [7, 11) is 0. The van der Waals surface area contributed by atoms with Crippen molar-refractivity contribution in [3.8, 4) is 0 Å². The minimum Gasteiger partial charge on any atom is -0.463 e. The van der Waals surface area contributed by atoms with Crippen LogP contribution in [0.25, 0.3) is 0 Å². The molecule has 0 aromatic rings. The van der Waals surface area contributed by atoms with Crippen molar-refractivity contribution in [3.05, 3.63) is 96.2 Å². The molecule has 0 saturated carbocycles. The van der Waals surface area contributed by atoms with Crippen LogP contribution in [0.3, 0.4) is 0 Å². The number of esters is 2. The zero-order chi connectivity index (χ0) is 45.3. The fourth-order valence-electron chi connectivity index (χ4n) is 7.28. The minimum absolute atomic E-state index is 0.0521. The molecule has 0 aromatic carbocycles. The number of Topliss-reactive ketones (excluding diaryl/α,β-unsaturated/α-hetero) is 1. The molecule has 0 radical (unpaired) electrons. The van der Waals surface area contributed by atoms with Crippen molar-refractivity contribution < 1.29 is 33.3 Å². The Balaban J connectivity index is 0.000000812.